The lowest BCUT2D eigenvalue weighted by Crippen LogP contribution is -2.10. The van der Waals surface area contributed by atoms with Gasteiger partial charge in [0.2, 0.25) is 0 Å². The van der Waals surface area contributed by atoms with Crippen molar-refractivity contribution in [2.24, 2.45) is 5.41 Å². The smallest absolute Gasteiger partial charge is 0.309 e. The van der Waals surface area contributed by atoms with Gasteiger partial charge in [0.1, 0.15) is 0 Å². The van der Waals surface area contributed by atoms with Gasteiger partial charge in [-0.2, -0.15) is 0 Å². The molecule has 0 aliphatic carbocycles. The van der Waals surface area contributed by atoms with Crippen LogP contribution >= 0.6 is 7.60 Å². The Morgan fingerprint density at radius 3 is 1.79 bits per heavy atom. The topological polar surface area (TPSA) is 35.5 Å². The Bertz CT molecular complexity index is 186. The maximum Gasteiger partial charge on any atom is 0.330 e. The minimum Gasteiger partial charge on any atom is -0.309 e. The molecule has 0 radical (unpaired) electrons. The quantitative estimate of drug-likeness (QED) is 0.643. The van der Waals surface area contributed by atoms with Gasteiger partial charge in [-0.25, -0.2) is 0 Å². The molecule has 0 heterocycles. The van der Waals surface area contributed by atoms with Crippen LogP contribution < -0.4 is 0 Å². The molecule has 0 fully saturated rings. The van der Waals surface area contributed by atoms with E-state index in [-0.39, 0.29) is 5.41 Å². The summed E-state index contributed by atoms with van der Waals surface area (Å²) in [6.07, 6.45) is 1.36. The Balaban J connectivity index is 4.16. The normalized spacial score (nSPS) is 13.2. The molecule has 0 saturated heterocycles. The molecule has 0 bridgehead atoms. The van der Waals surface area contributed by atoms with Gasteiger partial charge in [0.05, 0.1) is 19.4 Å². The third kappa shape index (κ3) is 6.58. The first-order chi connectivity index (χ1) is 6.33. The van der Waals surface area contributed by atoms with Gasteiger partial charge >= 0.3 is 7.60 Å². The van der Waals surface area contributed by atoms with E-state index in [9.17, 15) is 4.57 Å². The molecule has 0 rings (SSSR count). The summed E-state index contributed by atoms with van der Waals surface area (Å²) in [6, 6.07) is 0. The zero-order valence-electron chi connectivity index (χ0n) is 10.0. The first-order valence-corrected chi connectivity index (χ1v) is 6.94. The fourth-order valence-electron chi connectivity index (χ4n) is 1.03. The van der Waals surface area contributed by atoms with Crippen molar-refractivity contribution in [2.75, 3.05) is 19.4 Å². The highest BCUT2D eigenvalue weighted by Crippen LogP contribution is 2.49. The zero-order valence-corrected chi connectivity index (χ0v) is 10.9. The third-order valence-corrected chi connectivity index (χ3v) is 3.86. The monoisotopic (exact) mass is 222 g/mol. The van der Waals surface area contributed by atoms with E-state index in [0.29, 0.717) is 19.4 Å². The summed E-state index contributed by atoms with van der Waals surface area (Å²) in [5.41, 5.74) is 0.170. The van der Waals surface area contributed by atoms with Crippen LogP contribution in [-0.2, 0) is 13.6 Å². The molecule has 14 heavy (non-hydrogen) atoms. The van der Waals surface area contributed by atoms with Crippen molar-refractivity contribution in [3.05, 3.63) is 0 Å². The Morgan fingerprint density at radius 2 is 1.50 bits per heavy atom. The maximum atomic E-state index is 12.0. The number of rotatable bonds is 6. The standard InChI is InChI=1S/C10H23O3P/c1-6-12-14(11,13-7-2)9-8-10(3,4)5/h6-9H2,1-5H3. The summed E-state index contributed by atoms with van der Waals surface area (Å²) in [4.78, 5) is 0. The van der Waals surface area contributed by atoms with Gasteiger partial charge in [0, 0.05) is 0 Å². The van der Waals surface area contributed by atoms with Crippen LogP contribution in [0, 0.1) is 5.41 Å². The molecular formula is C10H23O3P. The second-order valence-electron chi connectivity index (χ2n) is 4.48. The van der Waals surface area contributed by atoms with E-state index in [1.54, 1.807) is 0 Å². The van der Waals surface area contributed by atoms with E-state index < -0.39 is 7.60 Å². The molecule has 0 aliphatic rings. The van der Waals surface area contributed by atoms with Gasteiger partial charge in [0.25, 0.3) is 0 Å². The van der Waals surface area contributed by atoms with Crippen molar-refractivity contribution < 1.29 is 13.6 Å². The zero-order chi connectivity index (χ0) is 11.2. The molecule has 0 spiro atoms. The first-order valence-electron chi connectivity index (χ1n) is 5.21. The highest BCUT2D eigenvalue weighted by atomic mass is 31.2. The average Bonchev–Trinajstić information content (AvgIpc) is 2.01. The molecule has 3 nitrogen and oxygen atoms in total. The Labute approximate surface area is 87.7 Å². The van der Waals surface area contributed by atoms with Gasteiger partial charge in [-0.05, 0) is 25.7 Å². The van der Waals surface area contributed by atoms with Gasteiger partial charge in [-0.3, -0.25) is 4.57 Å². The van der Waals surface area contributed by atoms with Gasteiger partial charge in [-0.1, -0.05) is 20.8 Å². The van der Waals surface area contributed by atoms with Crippen LogP contribution in [0.1, 0.15) is 41.0 Å². The van der Waals surface area contributed by atoms with Gasteiger partial charge in [0.15, 0.2) is 0 Å². The summed E-state index contributed by atoms with van der Waals surface area (Å²) in [6.45, 7) is 10.9. The second-order valence-corrected chi connectivity index (χ2v) is 6.67. The summed E-state index contributed by atoms with van der Waals surface area (Å²) in [5.74, 6) is 0. The molecule has 0 aliphatic heterocycles. The molecule has 0 N–H and O–H groups in total. The van der Waals surface area contributed by atoms with E-state index in [4.69, 9.17) is 9.05 Å². The number of hydrogen-bond acceptors (Lipinski definition) is 3. The van der Waals surface area contributed by atoms with Crippen LogP contribution in [-0.4, -0.2) is 19.4 Å². The van der Waals surface area contributed by atoms with Crippen LogP contribution in [0.2, 0.25) is 0 Å². The molecule has 0 aromatic rings. The van der Waals surface area contributed by atoms with Gasteiger partial charge in [-0.15, -0.1) is 0 Å². The lowest BCUT2D eigenvalue weighted by Gasteiger charge is -2.22. The van der Waals surface area contributed by atoms with E-state index >= 15 is 0 Å². The highest BCUT2D eigenvalue weighted by Gasteiger charge is 2.25. The summed E-state index contributed by atoms with van der Waals surface area (Å²) in [7, 11) is -2.82. The van der Waals surface area contributed by atoms with Gasteiger partial charge < -0.3 is 9.05 Å². The van der Waals surface area contributed by atoms with Crippen molar-refractivity contribution in [3.63, 3.8) is 0 Å². The highest BCUT2D eigenvalue weighted by molar-refractivity contribution is 7.53. The molecular weight excluding hydrogens is 199 g/mol. The minimum atomic E-state index is -2.82. The predicted octanol–water partition coefficient (Wildman–Crippen LogP) is 3.69. The summed E-state index contributed by atoms with van der Waals surface area (Å²) in [5, 5.41) is 0. The molecule has 0 atom stereocenters. The second kappa shape index (κ2) is 5.89. The molecule has 0 aromatic heterocycles. The Morgan fingerprint density at radius 1 is 1.07 bits per heavy atom. The molecule has 0 saturated carbocycles. The van der Waals surface area contributed by atoms with E-state index in [1.165, 1.54) is 0 Å². The SMILES string of the molecule is CCOP(=O)(CCC(C)(C)C)OCC. The van der Waals surface area contributed by atoms with Crippen LogP contribution in [0.5, 0.6) is 0 Å². The number of hydrogen-bond donors (Lipinski definition) is 0. The van der Waals surface area contributed by atoms with Crippen LogP contribution in [0.25, 0.3) is 0 Å². The molecule has 0 aromatic carbocycles. The Hall–Kier alpha value is 0.150. The van der Waals surface area contributed by atoms with E-state index in [0.717, 1.165) is 6.42 Å². The predicted molar refractivity (Wildman–Crippen MR) is 59.8 cm³/mol. The van der Waals surface area contributed by atoms with Crippen molar-refractivity contribution in [3.8, 4) is 0 Å². The van der Waals surface area contributed by atoms with Crippen LogP contribution in [0.15, 0.2) is 0 Å². The molecule has 0 unspecified atom stereocenters. The van der Waals surface area contributed by atoms with Crippen molar-refractivity contribution in [2.45, 2.75) is 41.0 Å². The fraction of sp³-hybridized carbons (Fsp3) is 1.00. The molecule has 4 heteroatoms. The average molecular weight is 222 g/mol. The molecule has 0 amide bonds. The van der Waals surface area contributed by atoms with Crippen LogP contribution in [0.4, 0.5) is 0 Å². The minimum absolute atomic E-state index is 0.170. The lowest BCUT2D eigenvalue weighted by molar-refractivity contribution is 0.215. The fourth-order valence-corrected chi connectivity index (χ4v) is 3.10. The van der Waals surface area contributed by atoms with Crippen LogP contribution in [0.3, 0.4) is 0 Å². The van der Waals surface area contributed by atoms with Crippen molar-refractivity contribution in [1.29, 1.82) is 0 Å². The van der Waals surface area contributed by atoms with Crippen molar-refractivity contribution in [1.82, 2.24) is 0 Å². The Kier molecular flexibility index (Phi) is 5.96. The molecule has 86 valence electrons. The largest absolute Gasteiger partial charge is 0.330 e. The first kappa shape index (κ1) is 14.2. The maximum absolute atomic E-state index is 12.0. The summed E-state index contributed by atoms with van der Waals surface area (Å²) >= 11 is 0. The van der Waals surface area contributed by atoms with E-state index in [2.05, 4.69) is 20.8 Å². The lowest BCUT2D eigenvalue weighted by atomic mass is 9.94. The van der Waals surface area contributed by atoms with E-state index in [1.807, 2.05) is 13.8 Å². The van der Waals surface area contributed by atoms with Crippen molar-refractivity contribution >= 4 is 7.60 Å². The summed E-state index contributed by atoms with van der Waals surface area (Å²) < 4.78 is 22.4. The third-order valence-electron chi connectivity index (χ3n) is 1.79.